The number of likely N-dealkylation sites (tertiary alicyclic amines) is 1. The summed E-state index contributed by atoms with van der Waals surface area (Å²) in [6, 6.07) is 4.33. The van der Waals surface area contributed by atoms with Gasteiger partial charge in [0.1, 0.15) is 5.02 Å². The molecule has 0 aromatic carbocycles. The van der Waals surface area contributed by atoms with Crippen LogP contribution in [0.5, 0.6) is 0 Å². The molecule has 0 saturated carbocycles. The standard InChI is InChI=1S/C17H14ClF3N4OS/c18-13-14(16(26)24-6-2-1-3-7-24)23-25-12(17(19,20)21)9-10(22-15(13)25)11-5-4-8-27-11/h4-5,8-9H,1-3,6-7H2. The van der Waals surface area contributed by atoms with Gasteiger partial charge in [-0.05, 0) is 36.8 Å². The number of fused-ring (bicyclic) bond motifs is 1. The number of amides is 1. The molecule has 1 aliphatic rings. The van der Waals surface area contributed by atoms with Crippen LogP contribution in [0.4, 0.5) is 13.2 Å². The molecule has 0 unspecified atom stereocenters. The summed E-state index contributed by atoms with van der Waals surface area (Å²) in [6.07, 6.45) is -1.95. The number of alkyl halides is 3. The Bertz CT molecular complexity index is 994. The molecule has 10 heteroatoms. The molecule has 0 bridgehead atoms. The van der Waals surface area contributed by atoms with Crippen LogP contribution in [0.1, 0.15) is 35.4 Å². The normalized spacial score (nSPS) is 15.5. The van der Waals surface area contributed by atoms with Crippen molar-refractivity contribution < 1.29 is 18.0 Å². The molecule has 0 radical (unpaired) electrons. The lowest BCUT2D eigenvalue weighted by Crippen LogP contribution is -2.36. The number of halogens is 4. The molecule has 0 N–H and O–H groups in total. The van der Waals surface area contributed by atoms with Gasteiger partial charge in [-0.25, -0.2) is 9.50 Å². The summed E-state index contributed by atoms with van der Waals surface area (Å²) in [5.41, 5.74) is -1.24. The Kier molecular flexibility index (Phi) is 4.59. The van der Waals surface area contributed by atoms with E-state index in [1.807, 2.05) is 0 Å². The number of hydrogen-bond donors (Lipinski definition) is 0. The number of nitrogens with zero attached hydrogens (tertiary/aromatic N) is 4. The van der Waals surface area contributed by atoms with Crippen molar-refractivity contribution in [3.8, 4) is 10.6 Å². The average molecular weight is 415 g/mol. The number of carbonyl (C=O) groups excluding carboxylic acids is 1. The fourth-order valence-electron chi connectivity index (χ4n) is 3.13. The smallest absolute Gasteiger partial charge is 0.337 e. The Morgan fingerprint density at radius 2 is 1.96 bits per heavy atom. The van der Waals surface area contributed by atoms with E-state index in [0.29, 0.717) is 22.5 Å². The van der Waals surface area contributed by atoms with Crippen LogP contribution in [0.25, 0.3) is 16.2 Å². The summed E-state index contributed by atoms with van der Waals surface area (Å²) in [7, 11) is 0. The zero-order valence-corrected chi connectivity index (χ0v) is 15.5. The molecule has 4 rings (SSSR count). The summed E-state index contributed by atoms with van der Waals surface area (Å²) in [4.78, 5) is 19.1. The second-order valence-electron chi connectivity index (χ2n) is 6.25. The first-order chi connectivity index (χ1) is 12.9. The minimum Gasteiger partial charge on any atom is -0.337 e. The first-order valence-corrected chi connectivity index (χ1v) is 9.61. The van der Waals surface area contributed by atoms with Crippen molar-refractivity contribution in [2.75, 3.05) is 13.1 Å². The molecule has 27 heavy (non-hydrogen) atoms. The van der Waals surface area contributed by atoms with Crippen LogP contribution in [-0.4, -0.2) is 38.5 Å². The number of thiophene rings is 1. The maximum atomic E-state index is 13.6. The topological polar surface area (TPSA) is 50.5 Å². The lowest BCUT2D eigenvalue weighted by molar-refractivity contribution is -0.142. The Balaban J connectivity index is 1.88. The maximum absolute atomic E-state index is 13.6. The van der Waals surface area contributed by atoms with E-state index >= 15 is 0 Å². The highest BCUT2D eigenvalue weighted by Gasteiger charge is 2.37. The fraction of sp³-hybridized carbons (Fsp3) is 0.353. The molecular weight excluding hydrogens is 401 g/mol. The van der Waals surface area contributed by atoms with Gasteiger partial charge in [0.25, 0.3) is 5.91 Å². The summed E-state index contributed by atoms with van der Waals surface area (Å²) in [5, 5.41) is 5.48. The van der Waals surface area contributed by atoms with Gasteiger partial charge < -0.3 is 4.90 Å². The fourth-order valence-corrected chi connectivity index (χ4v) is 4.05. The van der Waals surface area contributed by atoms with Crippen molar-refractivity contribution in [2.24, 2.45) is 0 Å². The van der Waals surface area contributed by atoms with Crippen LogP contribution in [0.15, 0.2) is 23.6 Å². The van der Waals surface area contributed by atoms with Crippen LogP contribution < -0.4 is 0 Å². The first kappa shape index (κ1) is 18.2. The molecule has 1 fully saturated rings. The molecule has 4 heterocycles. The highest BCUT2D eigenvalue weighted by Crippen LogP contribution is 2.35. The third-order valence-electron chi connectivity index (χ3n) is 4.44. The van der Waals surface area contributed by atoms with Crippen molar-refractivity contribution in [3.05, 3.63) is 40.0 Å². The Morgan fingerprint density at radius 3 is 2.59 bits per heavy atom. The third-order valence-corrected chi connectivity index (χ3v) is 5.68. The van der Waals surface area contributed by atoms with Gasteiger partial charge in [-0.15, -0.1) is 11.3 Å². The van der Waals surface area contributed by atoms with Crippen molar-refractivity contribution in [1.29, 1.82) is 0 Å². The number of piperidine rings is 1. The van der Waals surface area contributed by atoms with Gasteiger partial charge >= 0.3 is 6.18 Å². The van der Waals surface area contributed by atoms with Gasteiger partial charge in [-0.3, -0.25) is 4.79 Å². The molecule has 3 aromatic heterocycles. The number of carbonyl (C=O) groups is 1. The van der Waals surface area contributed by atoms with Gasteiger partial charge in [-0.1, -0.05) is 17.7 Å². The summed E-state index contributed by atoms with van der Waals surface area (Å²) >= 11 is 7.54. The van der Waals surface area contributed by atoms with Crippen LogP contribution in [-0.2, 0) is 6.18 Å². The van der Waals surface area contributed by atoms with E-state index in [1.54, 1.807) is 22.4 Å². The molecule has 0 aliphatic carbocycles. The SMILES string of the molecule is O=C(c1nn2c(C(F)(F)F)cc(-c3cccs3)nc2c1Cl)N1CCCCC1. The second kappa shape index (κ2) is 6.79. The number of hydrogen-bond acceptors (Lipinski definition) is 4. The molecule has 1 saturated heterocycles. The van der Waals surface area contributed by atoms with Gasteiger partial charge in [0, 0.05) is 13.1 Å². The second-order valence-corrected chi connectivity index (χ2v) is 7.58. The lowest BCUT2D eigenvalue weighted by atomic mass is 10.1. The quantitative estimate of drug-likeness (QED) is 0.607. The predicted octanol–water partition coefficient (Wildman–Crippen LogP) is 4.76. The zero-order chi connectivity index (χ0) is 19.2. The first-order valence-electron chi connectivity index (χ1n) is 8.36. The molecule has 0 spiro atoms. The summed E-state index contributed by atoms with van der Waals surface area (Å²) in [6.45, 7) is 1.09. The van der Waals surface area contributed by atoms with Gasteiger partial charge in [0.05, 0.1) is 10.6 Å². The Morgan fingerprint density at radius 1 is 1.22 bits per heavy atom. The molecule has 0 atom stereocenters. The van der Waals surface area contributed by atoms with E-state index in [1.165, 1.54) is 11.3 Å². The van der Waals surface area contributed by atoms with E-state index in [4.69, 9.17) is 11.6 Å². The predicted molar refractivity (Wildman–Crippen MR) is 96.1 cm³/mol. The van der Waals surface area contributed by atoms with Gasteiger partial charge in [0.15, 0.2) is 17.0 Å². The minimum absolute atomic E-state index is 0.142. The maximum Gasteiger partial charge on any atom is 0.433 e. The van der Waals surface area contributed by atoms with Crippen molar-refractivity contribution in [2.45, 2.75) is 25.4 Å². The Hall–Kier alpha value is -2.13. The monoisotopic (exact) mass is 414 g/mol. The Labute approximate surface area is 161 Å². The van der Waals surface area contributed by atoms with Crippen LogP contribution >= 0.6 is 22.9 Å². The number of aromatic nitrogens is 3. The summed E-state index contributed by atoms with van der Waals surface area (Å²) < 4.78 is 41.5. The molecular formula is C17H14ClF3N4OS. The van der Waals surface area contributed by atoms with E-state index in [0.717, 1.165) is 25.3 Å². The van der Waals surface area contributed by atoms with E-state index in [-0.39, 0.29) is 22.1 Å². The van der Waals surface area contributed by atoms with Crippen molar-refractivity contribution in [3.63, 3.8) is 0 Å². The van der Waals surface area contributed by atoms with Gasteiger partial charge in [0.2, 0.25) is 0 Å². The van der Waals surface area contributed by atoms with E-state index in [2.05, 4.69) is 10.1 Å². The lowest BCUT2D eigenvalue weighted by Gasteiger charge is -2.25. The van der Waals surface area contributed by atoms with Crippen molar-refractivity contribution in [1.82, 2.24) is 19.5 Å². The van der Waals surface area contributed by atoms with Crippen LogP contribution in [0.2, 0.25) is 5.02 Å². The molecule has 1 aliphatic heterocycles. The molecule has 3 aromatic rings. The zero-order valence-electron chi connectivity index (χ0n) is 14.0. The largest absolute Gasteiger partial charge is 0.433 e. The molecule has 142 valence electrons. The summed E-state index contributed by atoms with van der Waals surface area (Å²) in [5.74, 6) is -0.462. The van der Waals surface area contributed by atoms with Crippen LogP contribution in [0.3, 0.4) is 0 Å². The van der Waals surface area contributed by atoms with E-state index in [9.17, 15) is 18.0 Å². The third kappa shape index (κ3) is 3.29. The highest BCUT2D eigenvalue weighted by atomic mass is 35.5. The van der Waals surface area contributed by atoms with Crippen molar-refractivity contribution >= 4 is 34.5 Å². The minimum atomic E-state index is -4.67. The van der Waals surface area contributed by atoms with Gasteiger partial charge in [-0.2, -0.15) is 18.3 Å². The number of rotatable bonds is 2. The average Bonchev–Trinajstić information content (AvgIpc) is 3.29. The highest BCUT2D eigenvalue weighted by molar-refractivity contribution is 7.13. The van der Waals surface area contributed by atoms with Crippen LogP contribution in [0, 0.1) is 0 Å². The molecule has 1 amide bonds. The van der Waals surface area contributed by atoms with E-state index < -0.39 is 17.8 Å². The molecule has 5 nitrogen and oxygen atoms in total.